The quantitative estimate of drug-likeness (QED) is 0.770. The lowest BCUT2D eigenvalue weighted by Gasteiger charge is -2.08. The zero-order chi connectivity index (χ0) is 15.1. The summed E-state index contributed by atoms with van der Waals surface area (Å²) in [5.41, 5.74) is 1.40. The third kappa shape index (κ3) is 4.99. The van der Waals surface area contributed by atoms with Crippen LogP contribution in [0.4, 0.5) is 0 Å². The van der Waals surface area contributed by atoms with Crippen LogP contribution in [0.25, 0.3) is 0 Å². The number of benzene rings is 2. The summed E-state index contributed by atoms with van der Waals surface area (Å²) in [6.07, 6.45) is 0. The molecule has 0 aliphatic heterocycles. The van der Waals surface area contributed by atoms with Crippen LogP contribution in [-0.2, 0) is 5.75 Å². The predicted octanol–water partition coefficient (Wildman–Crippen LogP) is 4.35. The number of rotatable bonds is 7. The van der Waals surface area contributed by atoms with Crippen LogP contribution in [0.15, 0.2) is 48.5 Å². The van der Waals surface area contributed by atoms with Gasteiger partial charge in [0.1, 0.15) is 11.3 Å². The molecule has 0 aliphatic rings. The van der Waals surface area contributed by atoms with Crippen LogP contribution in [0.3, 0.4) is 0 Å². The second-order valence-electron chi connectivity index (χ2n) is 4.33. The molecular formula is C16H15ClO3S. The van der Waals surface area contributed by atoms with Crippen LogP contribution in [0.2, 0.25) is 5.02 Å². The van der Waals surface area contributed by atoms with Crippen molar-refractivity contribution < 1.29 is 14.6 Å². The summed E-state index contributed by atoms with van der Waals surface area (Å²) in [7, 11) is 0. The first-order chi connectivity index (χ1) is 10.2. The van der Waals surface area contributed by atoms with Crippen molar-refractivity contribution in [1.82, 2.24) is 0 Å². The number of carboxylic acids is 1. The smallest absolute Gasteiger partial charge is 0.339 e. The average molecular weight is 323 g/mol. The van der Waals surface area contributed by atoms with Gasteiger partial charge >= 0.3 is 5.97 Å². The summed E-state index contributed by atoms with van der Waals surface area (Å²) in [4.78, 5) is 11.0. The van der Waals surface area contributed by atoms with Gasteiger partial charge in [0.05, 0.1) is 6.61 Å². The fraction of sp³-hybridized carbons (Fsp3) is 0.188. The summed E-state index contributed by atoms with van der Waals surface area (Å²) < 4.78 is 5.53. The minimum Gasteiger partial charge on any atom is -0.492 e. The van der Waals surface area contributed by atoms with E-state index in [0.717, 1.165) is 16.5 Å². The van der Waals surface area contributed by atoms with Crippen molar-refractivity contribution in [1.29, 1.82) is 0 Å². The summed E-state index contributed by atoms with van der Waals surface area (Å²) in [5.74, 6) is 1.11. The normalized spacial score (nSPS) is 10.3. The fourth-order valence-electron chi connectivity index (χ4n) is 1.75. The van der Waals surface area contributed by atoms with E-state index in [0.29, 0.717) is 12.4 Å². The van der Waals surface area contributed by atoms with E-state index in [1.807, 2.05) is 24.3 Å². The topological polar surface area (TPSA) is 46.5 Å². The van der Waals surface area contributed by atoms with Gasteiger partial charge in [-0.25, -0.2) is 4.79 Å². The summed E-state index contributed by atoms with van der Waals surface area (Å²) in [6, 6.07) is 14.4. The van der Waals surface area contributed by atoms with E-state index in [9.17, 15) is 4.79 Å². The molecule has 0 saturated carbocycles. The lowest BCUT2D eigenvalue weighted by molar-refractivity contribution is 0.0692. The van der Waals surface area contributed by atoms with Gasteiger partial charge in [-0.15, -0.1) is 0 Å². The number of carboxylic acid groups (broad SMARTS) is 1. The van der Waals surface area contributed by atoms with Gasteiger partial charge < -0.3 is 9.84 Å². The number of thioether (sulfide) groups is 1. The van der Waals surface area contributed by atoms with E-state index in [2.05, 4.69) is 0 Å². The minimum atomic E-state index is -0.973. The lowest BCUT2D eigenvalue weighted by atomic mass is 10.2. The van der Waals surface area contributed by atoms with Crippen LogP contribution < -0.4 is 4.74 Å². The Morgan fingerprint density at radius 1 is 1.14 bits per heavy atom. The molecule has 5 heteroatoms. The molecule has 0 fully saturated rings. The average Bonchev–Trinajstić information content (AvgIpc) is 2.49. The molecule has 1 N–H and O–H groups in total. The molecule has 0 amide bonds. The number of ether oxygens (including phenoxy) is 1. The first-order valence-corrected chi connectivity index (χ1v) is 7.97. The van der Waals surface area contributed by atoms with E-state index in [4.69, 9.17) is 21.4 Å². The van der Waals surface area contributed by atoms with Gasteiger partial charge in [-0.2, -0.15) is 11.8 Å². The van der Waals surface area contributed by atoms with E-state index in [1.165, 1.54) is 5.56 Å². The molecule has 0 bridgehead atoms. The molecule has 2 aromatic rings. The Morgan fingerprint density at radius 2 is 1.86 bits per heavy atom. The zero-order valence-electron chi connectivity index (χ0n) is 11.3. The summed E-state index contributed by atoms with van der Waals surface area (Å²) in [6.45, 7) is 0.475. The Labute approximate surface area is 132 Å². The monoisotopic (exact) mass is 322 g/mol. The summed E-state index contributed by atoms with van der Waals surface area (Å²) >= 11 is 7.56. The van der Waals surface area contributed by atoms with Crippen LogP contribution in [0, 0.1) is 0 Å². The first kappa shape index (κ1) is 15.7. The van der Waals surface area contributed by atoms with Crippen molar-refractivity contribution in [3.05, 3.63) is 64.7 Å². The minimum absolute atomic E-state index is 0.195. The third-order valence-corrected chi connectivity index (χ3v) is 4.03. The van der Waals surface area contributed by atoms with Crippen molar-refractivity contribution in [3.63, 3.8) is 0 Å². The van der Waals surface area contributed by atoms with E-state index in [-0.39, 0.29) is 5.56 Å². The molecular weight excluding hydrogens is 308 g/mol. The van der Waals surface area contributed by atoms with Crippen molar-refractivity contribution in [2.45, 2.75) is 5.75 Å². The van der Waals surface area contributed by atoms with Gasteiger partial charge in [0.25, 0.3) is 0 Å². The molecule has 0 aliphatic carbocycles. The highest BCUT2D eigenvalue weighted by Gasteiger charge is 2.09. The number of aromatic carboxylic acids is 1. The fourth-order valence-corrected chi connectivity index (χ4v) is 2.65. The van der Waals surface area contributed by atoms with Crippen LogP contribution in [-0.4, -0.2) is 23.4 Å². The first-order valence-electron chi connectivity index (χ1n) is 6.44. The predicted molar refractivity (Wildman–Crippen MR) is 86.5 cm³/mol. The molecule has 21 heavy (non-hydrogen) atoms. The second kappa shape index (κ2) is 7.96. The second-order valence-corrected chi connectivity index (χ2v) is 5.87. The van der Waals surface area contributed by atoms with Gasteiger partial charge in [-0.1, -0.05) is 35.9 Å². The highest BCUT2D eigenvalue weighted by atomic mass is 35.5. The Morgan fingerprint density at radius 3 is 2.57 bits per heavy atom. The molecule has 110 valence electrons. The highest BCUT2D eigenvalue weighted by molar-refractivity contribution is 7.98. The van der Waals surface area contributed by atoms with E-state index < -0.39 is 5.97 Å². The Balaban J connectivity index is 1.75. The molecule has 0 unspecified atom stereocenters. The Bertz CT molecular complexity index is 599. The molecule has 0 saturated heterocycles. The third-order valence-electron chi connectivity index (χ3n) is 2.78. The van der Waals surface area contributed by atoms with Crippen molar-refractivity contribution >= 4 is 29.3 Å². The van der Waals surface area contributed by atoms with Crippen LogP contribution in [0.5, 0.6) is 5.75 Å². The van der Waals surface area contributed by atoms with E-state index >= 15 is 0 Å². The highest BCUT2D eigenvalue weighted by Crippen LogP contribution is 2.19. The SMILES string of the molecule is O=C(O)c1ccccc1OCCSCc1ccc(Cl)cc1. The molecule has 0 spiro atoms. The van der Waals surface area contributed by atoms with Gasteiger partial charge in [0, 0.05) is 16.5 Å². The van der Waals surface area contributed by atoms with Crippen LogP contribution >= 0.6 is 23.4 Å². The Kier molecular flexibility index (Phi) is 5.96. The van der Waals surface area contributed by atoms with Gasteiger partial charge in [-0.3, -0.25) is 0 Å². The van der Waals surface area contributed by atoms with Gasteiger partial charge in [0.15, 0.2) is 0 Å². The Hall–Kier alpha value is -1.65. The number of carbonyl (C=O) groups is 1. The molecule has 0 heterocycles. The van der Waals surface area contributed by atoms with Gasteiger partial charge in [-0.05, 0) is 29.8 Å². The molecule has 2 rings (SSSR count). The molecule has 0 atom stereocenters. The van der Waals surface area contributed by atoms with E-state index in [1.54, 1.807) is 36.0 Å². The van der Waals surface area contributed by atoms with Crippen molar-refractivity contribution in [2.24, 2.45) is 0 Å². The zero-order valence-corrected chi connectivity index (χ0v) is 12.9. The standard InChI is InChI=1S/C16H15ClO3S/c17-13-7-5-12(6-8-13)11-21-10-9-20-15-4-2-1-3-14(15)16(18)19/h1-8H,9-11H2,(H,18,19). The largest absolute Gasteiger partial charge is 0.492 e. The number of halogens is 1. The van der Waals surface area contributed by atoms with Crippen LogP contribution in [0.1, 0.15) is 15.9 Å². The number of hydrogen-bond donors (Lipinski definition) is 1. The molecule has 2 aromatic carbocycles. The number of para-hydroxylation sites is 1. The molecule has 0 radical (unpaired) electrons. The van der Waals surface area contributed by atoms with Crippen molar-refractivity contribution in [3.8, 4) is 5.75 Å². The maximum Gasteiger partial charge on any atom is 0.339 e. The van der Waals surface area contributed by atoms with Crippen molar-refractivity contribution in [2.75, 3.05) is 12.4 Å². The maximum atomic E-state index is 11.0. The molecule has 3 nitrogen and oxygen atoms in total. The molecule has 0 aromatic heterocycles. The van der Waals surface area contributed by atoms with Gasteiger partial charge in [0.2, 0.25) is 0 Å². The lowest BCUT2D eigenvalue weighted by Crippen LogP contribution is -2.05. The number of hydrogen-bond acceptors (Lipinski definition) is 3. The summed E-state index contributed by atoms with van der Waals surface area (Å²) in [5, 5.41) is 9.78. The maximum absolute atomic E-state index is 11.0.